The summed E-state index contributed by atoms with van der Waals surface area (Å²) in [5.74, 6) is -0.250. The molecule has 1 N–H and O–H groups in total. The normalized spacial score (nSPS) is 10.4. The van der Waals surface area contributed by atoms with Gasteiger partial charge in [-0.25, -0.2) is 4.79 Å². The van der Waals surface area contributed by atoms with Gasteiger partial charge in [-0.05, 0) is 48.7 Å². The Hall–Kier alpha value is -0.520. The van der Waals surface area contributed by atoms with Crippen LogP contribution in [0.5, 0.6) is 0 Å². The molecular weight excluding hydrogens is 317 g/mol. The van der Waals surface area contributed by atoms with Gasteiger partial charge in [-0.1, -0.05) is 22.6 Å². The summed E-state index contributed by atoms with van der Waals surface area (Å²) in [6, 6.07) is 0. The summed E-state index contributed by atoms with van der Waals surface area (Å²) in [5, 5.41) is 0. The van der Waals surface area contributed by atoms with E-state index in [2.05, 4.69) is 27.6 Å². The third-order valence-electron chi connectivity index (χ3n) is 2.56. The fourth-order valence-electron chi connectivity index (χ4n) is 1.62. The number of ether oxygens (including phenoxy) is 1. The van der Waals surface area contributed by atoms with Crippen molar-refractivity contribution in [1.29, 1.82) is 0 Å². The first-order chi connectivity index (χ1) is 7.70. The first-order valence-corrected chi connectivity index (χ1v) is 7.13. The summed E-state index contributed by atoms with van der Waals surface area (Å²) in [7, 11) is 0. The molecule has 0 bridgehead atoms. The molecule has 0 amide bonds. The van der Waals surface area contributed by atoms with Crippen LogP contribution in [0.15, 0.2) is 6.20 Å². The number of carbonyl (C=O) groups excluding carboxylic acids is 1. The number of rotatable bonds is 6. The second-order valence-corrected chi connectivity index (χ2v) is 4.76. The number of hydrogen-bond acceptors (Lipinski definition) is 2. The summed E-state index contributed by atoms with van der Waals surface area (Å²) in [5.41, 5.74) is 2.87. The van der Waals surface area contributed by atoms with Gasteiger partial charge in [0.25, 0.3) is 0 Å². The van der Waals surface area contributed by atoms with Gasteiger partial charge in [0.2, 0.25) is 0 Å². The molecule has 0 saturated heterocycles. The highest BCUT2D eigenvalue weighted by atomic mass is 127. The number of aromatic amines is 1. The third kappa shape index (κ3) is 3.50. The van der Waals surface area contributed by atoms with Gasteiger partial charge >= 0.3 is 5.97 Å². The summed E-state index contributed by atoms with van der Waals surface area (Å²) in [6.07, 6.45) is 5.35. The Kier molecular flexibility index (Phi) is 5.87. The van der Waals surface area contributed by atoms with Crippen LogP contribution in [0.1, 0.15) is 41.4 Å². The maximum absolute atomic E-state index is 11.6. The van der Waals surface area contributed by atoms with Gasteiger partial charge in [0.05, 0.1) is 6.61 Å². The molecule has 4 heteroatoms. The molecule has 1 aromatic heterocycles. The van der Waals surface area contributed by atoms with E-state index in [9.17, 15) is 4.79 Å². The van der Waals surface area contributed by atoms with Crippen LogP contribution in [-0.4, -0.2) is 22.0 Å². The second kappa shape index (κ2) is 6.93. The highest BCUT2D eigenvalue weighted by Gasteiger charge is 2.14. The van der Waals surface area contributed by atoms with E-state index in [1.165, 1.54) is 22.8 Å². The van der Waals surface area contributed by atoms with Crippen molar-refractivity contribution < 1.29 is 9.53 Å². The van der Waals surface area contributed by atoms with Crippen molar-refractivity contribution in [3.05, 3.63) is 23.0 Å². The Morgan fingerprint density at radius 1 is 1.50 bits per heavy atom. The number of carbonyl (C=O) groups is 1. The highest BCUT2D eigenvalue weighted by Crippen LogP contribution is 2.16. The van der Waals surface area contributed by atoms with E-state index in [1.807, 2.05) is 20.0 Å². The summed E-state index contributed by atoms with van der Waals surface area (Å²) >= 11 is 2.38. The van der Waals surface area contributed by atoms with Crippen molar-refractivity contribution in [3.63, 3.8) is 0 Å². The molecule has 0 saturated carbocycles. The van der Waals surface area contributed by atoms with E-state index in [0.717, 1.165) is 12.0 Å². The molecule has 0 aliphatic rings. The summed E-state index contributed by atoms with van der Waals surface area (Å²) in [6.45, 7) is 4.21. The van der Waals surface area contributed by atoms with E-state index in [1.54, 1.807) is 0 Å². The minimum atomic E-state index is -0.250. The number of esters is 1. The van der Waals surface area contributed by atoms with E-state index >= 15 is 0 Å². The average molecular weight is 335 g/mol. The minimum absolute atomic E-state index is 0.250. The molecule has 1 aromatic rings. The van der Waals surface area contributed by atoms with Crippen LogP contribution in [0.4, 0.5) is 0 Å². The van der Waals surface area contributed by atoms with Gasteiger partial charge in [0.1, 0.15) is 5.69 Å². The third-order valence-corrected chi connectivity index (χ3v) is 3.32. The van der Waals surface area contributed by atoms with Crippen LogP contribution in [0.3, 0.4) is 0 Å². The molecule has 0 spiro atoms. The fraction of sp³-hybridized carbons (Fsp3) is 0.583. The highest BCUT2D eigenvalue weighted by molar-refractivity contribution is 14.1. The van der Waals surface area contributed by atoms with Gasteiger partial charge < -0.3 is 9.72 Å². The molecule has 3 nitrogen and oxygen atoms in total. The lowest BCUT2D eigenvalue weighted by Gasteiger charge is -2.02. The van der Waals surface area contributed by atoms with Crippen molar-refractivity contribution in [1.82, 2.24) is 4.98 Å². The van der Waals surface area contributed by atoms with Crippen molar-refractivity contribution >= 4 is 28.6 Å². The number of halogens is 1. The molecule has 0 atom stereocenters. The molecular formula is C12H18INO2. The Morgan fingerprint density at radius 2 is 2.25 bits per heavy atom. The predicted molar refractivity (Wildman–Crippen MR) is 73.3 cm³/mol. The standard InChI is InChI=1S/C12H18INO2/c1-3-16-12(15)11-9(2)10(8-14-11)6-4-5-7-13/h8,14H,3-7H2,1-2H3. The maximum atomic E-state index is 11.6. The lowest BCUT2D eigenvalue weighted by Crippen LogP contribution is -2.06. The molecule has 0 radical (unpaired) electrons. The van der Waals surface area contributed by atoms with Crippen molar-refractivity contribution in [3.8, 4) is 0 Å². The van der Waals surface area contributed by atoms with Crippen LogP contribution in [-0.2, 0) is 11.2 Å². The Bertz CT molecular complexity index is 347. The molecule has 0 aliphatic heterocycles. The largest absolute Gasteiger partial charge is 0.461 e. The van der Waals surface area contributed by atoms with E-state index < -0.39 is 0 Å². The smallest absolute Gasteiger partial charge is 0.355 e. The van der Waals surface area contributed by atoms with Gasteiger partial charge in [-0.3, -0.25) is 0 Å². The van der Waals surface area contributed by atoms with Crippen LogP contribution in [0, 0.1) is 6.92 Å². The van der Waals surface area contributed by atoms with Gasteiger partial charge in [0, 0.05) is 6.20 Å². The zero-order valence-corrected chi connectivity index (χ0v) is 12.0. The van der Waals surface area contributed by atoms with E-state index in [4.69, 9.17) is 4.74 Å². The first kappa shape index (κ1) is 13.5. The number of aromatic nitrogens is 1. The number of alkyl halides is 1. The SMILES string of the molecule is CCOC(=O)c1[nH]cc(CCCCI)c1C. The zero-order valence-electron chi connectivity index (χ0n) is 9.81. The first-order valence-electron chi connectivity index (χ1n) is 5.60. The number of aryl methyl sites for hydroxylation is 1. The second-order valence-electron chi connectivity index (χ2n) is 3.68. The predicted octanol–water partition coefficient (Wildman–Crippen LogP) is 3.26. The van der Waals surface area contributed by atoms with E-state index in [-0.39, 0.29) is 5.97 Å². The zero-order chi connectivity index (χ0) is 12.0. The lowest BCUT2D eigenvalue weighted by atomic mass is 10.1. The maximum Gasteiger partial charge on any atom is 0.355 e. The average Bonchev–Trinajstić information content (AvgIpc) is 2.61. The fourth-order valence-corrected chi connectivity index (χ4v) is 2.16. The Labute approximate surface area is 110 Å². The topological polar surface area (TPSA) is 42.1 Å². The monoisotopic (exact) mass is 335 g/mol. The minimum Gasteiger partial charge on any atom is -0.461 e. The number of nitrogens with one attached hydrogen (secondary N) is 1. The number of H-pyrrole nitrogens is 1. The summed E-state index contributed by atoms with van der Waals surface area (Å²) in [4.78, 5) is 14.6. The molecule has 0 unspecified atom stereocenters. The van der Waals surface area contributed by atoms with Crippen molar-refractivity contribution in [2.45, 2.75) is 33.1 Å². The van der Waals surface area contributed by atoms with Gasteiger partial charge in [-0.15, -0.1) is 0 Å². The van der Waals surface area contributed by atoms with Crippen LogP contribution >= 0.6 is 22.6 Å². The summed E-state index contributed by atoms with van der Waals surface area (Å²) < 4.78 is 6.16. The van der Waals surface area contributed by atoms with E-state index in [0.29, 0.717) is 12.3 Å². The molecule has 0 fully saturated rings. The van der Waals surface area contributed by atoms with Crippen molar-refractivity contribution in [2.75, 3.05) is 11.0 Å². The molecule has 0 aliphatic carbocycles. The van der Waals surface area contributed by atoms with Gasteiger partial charge in [0.15, 0.2) is 0 Å². The molecule has 1 heterocycles. The molecule has 0 aromatic carbocycles. The number of hydrogen-bond donors (Lipinski definition) is 1. The molecule has 16 heavy (non-hydrogen) atoms. The Balaban J connectivity index is 2.64. The lowest BCUT2D eigenvalue weighted by molar-refractivity contribution is 0.0519. The van der Waals surface area contributed by atoms with Crippen LogP contribution in [0.2, 0.25) is 0 Å². The van der Waals surface area contributed by atoms with Crippen molar-refractivity contribution in [2.24, 2.45) is 0 Å². The Morgan fingerprint density at radius 3 is 2.88 bits per heavy atom. The molecule has 1 rings (SSSR count). The van der Waals surface area contributed by atoms with Gasteiger partial charge in [-0.2, -0.15) is 0 Å². The van der Waals surface area contributed by atoms with Crippen LogP contribution in [0.25, 0.3) is 0 Å². The molecule has 90 valence electrons. The quantitative estimate of drug-likeness (QED) is 0.375. The number of unbranched alkanes of at least 4 members (excludes halogenated alkanes) is 1. The van der Waals surface area contributed by atoms with Crippen LogP contribution < -0.4 is 0 Å².